The second-order valence-corrected chi connectivity index (χ2v) is 8.83. The highest BCUT2D eigenvalue weighted by Gasteiger charge is 2.37. The Morgan fingerprint density at radius 2 is 1.73 bits per heavy atom. The zero-order valence-electron chi connectivity index (χ0n) is 20.4. The van der Waals surface area contributed by atoms with Gasteiger partial charge in [0.15, 0.2) is 11.5 Å². The van der Waals surface area contributed by atoms with Crippen LogP contribution in [0.4, 0.5) is 14.9 Å². The van der Waals surface area contributed by atoms with E-state index in [0.29, 0.717) is 29.2 Å². The fourth-order valence-electron chi connectivity index (χ4n) is 3.81. The highest BCUT2D eigenvalue weighted by molar-refractivity contribution is 6.39. The number of ether oxygens (including phenoxy) is 2. The molecule has 3 aromatic carbocycles. The van der Waals surface area contributed by atoms with Crippen LogP contribution in [-0.4, -0.2) is 24.5 Å². The normalized spacial score (nSPS) is 14.7. The molecule has 0 saturated carbocycles. The Bertz CT molecular complexity index is 1420. The van der Waals surface area contributed by atoms with Gasteiger partial charge in [-0.2, -0.15) is 0 Å². The molecule has 9 heteroatoms. The van der Waals surface area contributed by atoms with E-state index in [4.69, 9.17) is 21.1 Å². The van der Waals surface area contributed by atoms with Crippen LogP contribution in [0.3, 0.4) is 0 Å². The molecule has 1 fully saturated rings. The van der Waals surface area contributed by atoms with Gasteiger partial charge in [0.05, 0.1) is 17.3 Å². The van der Waals surface area contributed by atoms with E-state index in [1.807, 2.05) is 13.0 Å². The van der Waals surface area contributed by atoms with Crippen molar-refractivity contribution < 1.29 is 28.2 Å². The number of hydrogen-bond donors (Lipinski definition) is 1. The van der Waals surface area contributed by atoms with Crippen molar-refractivity contribution in [2.45, 2.75) is 27.4 Å². The van der Waals surface area contributed by atoms with E-state index in [-0.39, 0.29) is 28.8 Å². The molecule has 0 atom stereocenters. The summed E-state index contributed by atoms with van der Waals surface area (Å²) in [4.78, 5) is 39.5. The lowest BCUT2D eigenvalue weighted by Crippen LogP contribution is -2.54. The highest BCUT2D eigenvalue weighted by atomic mass is 35.5. The maximum absolute atomic E-state index is 13.3. The number of nitrogens with one attached hydrogen (secondary N) is 1. The van der Waals surface area contributed by atoms with Gasteiger partial charge in [-0.3, -0.25) is 14.9 Å². The summed E-state index contributed by atoms with van der Waals surface area (Å²) in [5, 5.41) is 2.41. The van der Waals surface area contributed by atoms with Crippen LogP contribution in [-0.2, 0) is 16.2 Å². The molecule has 0 spiro atoms. The summed E-state index contributed by atoms with van der Waals surface area (Å²) in [5.74, 6) is -1.36. The minimum absolute atomic E-state index is 0.119. The minimum atomic E-state index is -0.821. The maximum Gasteiger partial charge on any atom is 0.335 e. The molecule has 1 aliphatic rings. The van der Waals surface area contributed by atoms with Crippen molar-refractivity contribution in [1.29, 1.82) is 0 Å². The first-order valence-electron chi connectivity index (χ1n) is 11.5. The van der Waals surface area contributed by atoms with Crippen LogP contribution in [0.15, 0.2) is 60.2 Å². The molecule has 0 aliphatic carbocycles. The second kappa shape index (κ2) is 10.8. The number of carbonyl (C=O) groups excluding carboxylic acids is 3. The van der Waals surface area contributed by atoms with E-state index in [1.54, 1.807) is 44.2 Å². The first-order valence-corrected chi connectivity index (χ1v) is 11.9. The zero-order chi connectivity index (χ0) is 26.7. The lowest BCUT2D eigenvalue weighted by atomic mass is 10.0. The number of nitrogens with zero attached hydrogens (tertiary/aromatic N) is 1. The first kappa shape index (κ1) is 25.9. The number of hydrogen-bond acceptors (Lipinski definition) is 5. The Morgan fingerprint density at radius 3 is 2.43 bits per heavy atom. The Balaban J connectivity index is 1.67. The highest BCUT2D eigenvalue weighted by Crippen LogP contribution is 2.38. The van der Waals surface area contributed by atoms with Crippen LogP contribution in [0.1, 0.15) is 29.2 Å². The Hall–Kier alpha value is -4.17. The van der Waals surface area contributed by atoms with E-state index in [2.05, 4.69) is 5.32 Å². The van der Waals surface area contributed by atoms with Crippen molar-refractivity contribution in [3.63, 3.8) is 0 Å². The van der Waals surface area contributed by atoms with Gasteiger partial charge < -0.3 is 9.47 Å². The van der Waals surface area contributed by atoms with Gasteiger partial charge in [-0.25, -0.2) is 14.1 Å². The number of rotatable bonds is 7. The molecule has 4 amide bonds. The monoisotopic (exact) mass is 522 g/mol. The molecule has 0 unspecified atom stereocenters. The third-order valence-electron chi connectivity index (χ3n) is 5.65. The molecule has 3 aromatic rings. The van der Waals surface area contributed by atoms with E-state index in [0.717, 1.165) is 16.0 Å². The van der Waals surface area contributed by atoms with Gasteiger partial charge >= 0.3 is 6.03 Å². The molecule has 1 N–H and O–H groups in total. The summed E-state index contributed by atoms with van der Waals surface area (Å²) in [6.45, 7) is 5.82. The average molecular weight is 523 g/mol. The average Bonchev–Trinajstić information content (AvgIpc) is 2.84. The van der Waals surface area contributed by atoms with E-state index in [9.17, 15) is 18.8 Å². The molecule has 0 aromatic heterocycles. The van der Waals surface area contributed by atoms with E-state index in [1.165, 1.54) is 24.3 Å². The molecule has 0 bridgehead atoms. The summed E-state index contributed by atoms with van der Waals surface area (Å²) in [6, 6.07) is 13.5. The lowest BCUT2D eigenvalue weighted by molar-refractivity contribution is -0.122. The molecular weight excluding hydrogens is 499 g/mol. The minimum Gasteiger partial charge on any atom is -0.490 e. The number of benzene rings is 3. The van der Waals surface area contributed by atoms with E-state index >= 15 is 0 Å². The largest absolute Gasteiger partial charge is 0.490 e. The van der Waals surface area contributed by atoms with Gasteiger partial charge in [-0.1, -0.05) is 35.9 Å². The molecule has 1 aliphatic heterocycles. The van der Waals surface area contributed by atoms with Crippen molar-refractivity contribution in [2.24, 2.45) is 0 Å². The number of urea groups is 1. The Morgan fingerprint density at radius 1 is 1.00 bits per heavy atom. The first-order chi connectivity index (χ1) is 17.7. The smallest absolute Gasteiger partial charge is 0.335 e. The number of aryl methyl sites for hydroxylation is 2. The van der Waals surface area contributed by atoms with Crippen LogP contribution in [0.5, 0.6) is 11.5 Å². The maximum atomic E-state index is 13.3. The number of barbiturate groups is 1. The lowest BCUT2D eigenvalue weighted by Gasteiger charge is -2.28. The van der Waals surface area contributed by atoms with Crippen molar-refractivity contribution >= 4 is 41.2 Å². The van der Waals surface area contributed by atoms with Crippen molar-refractivity contribution in [1.82, 2.24) is 5.32 Å². The van der Waals surface area contributed by atoms with Gasteiger partial charge in [0.25, 0.3) is 11.8 Å². The third-order valence-corrected chi connectivity index (χ3v) is 5.93. The van der Waals surface area contributed by atoms with Crippen LogP contribution in [0.2, 0.25) is 5.02 Å². The molecule has 1 heterocycles. The van der Waals surface area contributed by atoms with Gasteiger partial charge in [0.1, 0.15) is 18.0 Å². The van der Waals surface area contributed by atoms with Gasteiger partial charge in [0, 0.05) is 0 Å². The number of imide groups is 2. The number of carbonyl (C=O) groups is 3. The van der Waals surface area contributed by atoms with Crippen LogP contribution in [0.25, 0.3) is 6.08 Å². The predicted octanol–water partition coefficient (Wildman–Crippen LogP) is 5.74. The summed E-state index contributed by atoms with van der Waals surface area (Å²) < 4.78 is 24.7. The van der Waals surface area contributed by atoms with Crippen LogP contribution < -0.4 is 19.7 Å². The van der Waals surface area contributed by atoms with Gasteiger partial charge in [-0.15, -0.1) is 0 Å². The van der Waals surface area contributed by atoms with Crippen molar-refractivity contribution in [3.05, 3.63) is 93.3 Å². The SMILES string of the molecule is CCOc1cc(/C=C2\C(=O)NC(=O)N(c3cc(C)ccc3C)C2=O)cc(Cl)c1OCc1ccc(F)cc1. The van der Waals surface area contributed by atoms with Gasteiger partial charge in [-0.05, 0) is 79.4 Å². The Labute approximate surface area is 218 Å². The summed E-state index contributed by atoms with van der Waals surface area (Å²) in [5.41, 5.74) is 2.83. The summed E-state index contributed by atoms with van der Waals surface area (Å²) in [7, 11) is 0. The second-order valence-electron chi connectivity index (χ2n) is 8.43. The fraction of sp³-hybridized carbons (Fsp3) is 0.179. The van der Waals surface area contributed by atoms with Crippen LogP contribution >= 0.6 is 11.6 Å². The Kier molecular flexibility index (Phi) is 7.59. The fourth-order valence-corrected chi connectivity index (χ4v) is 4.09. The number of amides is 4. The molecule has 0 radical (unpaired) electrons. The molecule has 7 nitrogen and oxygen atoms in total. The van der Waals surface area contributed by atoms with Crippen LogP contribution in [0, 0.1) is 19.7 Å². The molecule has 1 saturated heterocycles. The zero-order valence-corrected chi connectivity index (χ0v) is 21.2. The summed E-state index contributed by atoms with van der Waals surface area (Å²) in [6.07, 6.45) is 1.35. The molecule has 37 heavy (non-hydrogen) atoms. The summed E-state index contributed by atoms with van der Waals surface area (Å²) >= 11 is 6.49. The number of anilines is 1. The standard InChI is InChI=1S/C28H24ClFN2O5/c1-4-36-24-14-19(13-22(29)25(24)37-15-18-7-9-20(30)10-8-18)12-21-26(33)31-28(35)32(27(21)34)23-11-16(2)5-6-17(23)3/h5-14H,4,15H2,1-3H3,(H,31,33,35)/b21-12+. The third kappa shape index (κ3) is 5.65. The molecule has 4 rings (SSSR count). The van der Waals surface area contributed by atoms with Gasteiger partial charge in [0.2, 0.25) is 0 Å². The number of halogens is 2. The topological polar surface area (TPSA) is 84.9 Å². The van der Waals surface area contributed by atoms with Crippen molar-refractivity contribution in [3.8, 4) is 11.5 Å². The quantitative estimate of drug-likeness (QED) is 0.316. The van der Waals surface area contributed by atoms with Crippen molar-refractivity contribution in [2.75, 3.05) is 11.5 Å². The van der Waals surface area contributed by atoms with E-state index < -0.39 is 17.8 Å². The predicted molar refractivity (Wildman–Crippen MR) is 138 cm³/mol. The molecular formula is C28H24ClFN2O5. The molecule has 190 valence electrons.